The van der Waals surface area contributed by atoms with Crippen molar-refractivity contribution in [1.29, 1.82) is 0 Å². The minimum Gasteiger partial charge on any atom is -0.467 e. The van der Waals surface area contributed by atoms with Gasteiger partial charge in [-0.1, -0.05) is 42.1 Å². The molecule has 6 N–H and O–H groups in total. The quantitative estimate of drug-likeness (QED) is 0.0539. The van der Waals surface area contributed by atoms with Crippen molar-refractivity contribution in [3.63, 3.8) is 0 Å². The largest absolute Gasteiger partial charge is 0.467 e. The van der Waals surface area contributed by atoms with Crippen LogP contribution in [-0.4, -0.2) is 52.6 Å². The van der Waals surface area contributed by atoms with Gasteiger partial charge in [0.1, 0.15) is 12.0 Å². The second kappa shape index (κ2) is 13.6. The zero-order valence-corrected chi connectivity index (χ0v) is 21.5. The molecule has 1 unspecified atom stereocenters. The Bertz CT molecular complexity index is 1310. The number of hydrogen-bond donors (Lipinski definition) is 5. The van der Waals surface area contributed by atoms with Crippen molar-refractivity contribution < 1.29 is 29.3 Å². The Hall–Kier alpha value is -3.94. The first-order valence-corrected chi connectivity index (χ1v) is 12.6. The summed E-state index contributed by atoms with van der Waals surface area (Å²) < 4.78 is 4.79. The summed E-state index contributed by atoms with van der Waals surface area (Å²) >= 11 is 1.09. The molecular weight excluding hydrogens is 514 g/mol. The second-order valence-electron chi connectivity index (χ2n) is 8.41. The van der Waals surface area contributed by atoms with Gasteiger partial charge >= 0.3 is 5.97 Å². The number of methoxy groups -OCH3 is 1. The molecule has 12 nitrogen and oxygen atoms in total. The summed E-state index contributed by atoms with van der Waals surface area (Å²) in [5.41, 5.74) is 8.20. The highest BCUT2D eigenvalue weighted by atomic mass is 32.2. The second-order valence-corrected chi connectivity index (χ2v) is 9.46. The van der Waals surface area contributed by atoms with Crippen LogP contribution in [-0.2, 0) is 25.5 Å². The van der Waals surface area contributed by atoms with E-state index in [0.29, 0.717) is 45.8 Å². The molecule has 0 aliphatic heterocycles. The zero-order valence-electron chi connectivity index (χ0n) is 20.6. The van der Waals surface area contributed by atoms with Crippen molar-refractivity contribution >= 4 is 46.1 Å². The number of carbonyl (C=O) groups excluding carboxylic acids is 3. The van der Waals surface area contributed by atoms with Crippen LogP contribution in [0, 0.1) is 16.0 Å². The van der Waals surface area contributed by atoms with Gasteiger partial charge in [0.05, 0.1) is 22.0 Å². The van der Waals surface area contributed by atoms with Crippen molar-refractivity contribution in [2.75, 3.05) is 13.7 Å². The van der Waals surface area contributed by atoms with Gasteiger partial charge in [-0.15, -0.1) is 0 Å². The number of ether oxygens (including phenoxy) is 1. The fraction of sp³-hybridized carbons (Fsp3) is 0.320. The number of fused-ring (bicyclic) bond motifs is 1. The average molecular weight is 544 g/mol. The van der Waals surface area contributed by atoms with Crippen LogP contribution in [0.25, 0.3) is 10.9 Å². The number of esters is 1. The Kier molecular flexibility index (Phi) is 10.2. The molecule has 13 heteroatoms. The molecule has 0 radical (unpaired) electrons. The maximum absolute atomic E-state index is 13.3. The number of nitrogens with zero attached hydrogens (tertiary/aromatic N) is 1. The predicted molar refractivity (Wildman–Crippen MR) is 139 cm³/mol. The minimum atomic E-state index is -1.43. The van der Waals surface area contributed by atoms with E-state index in [9.17, 15) is 29.7 Å². The van der Waals surface area contributed by atoms with E-state index < -0.39 is 34.7 Å². The standard InChI is InChI=1S/C25H29N5O7S/c1-37-25(33)19(10-6-7-13-26)27-22(31)17(23(32)29-34)14-16-15-8-2-3-9-18(15)28-24(16)38-21-12-5-4-11-20(21)30(35)36/h2-5,8-9,11-12,17,19,28,34H,6-7,10,13-14,26H2,1H3,(H,27,31)(H,29,32)/t17?,19-/m0/s1. The highest BCUT2D eigenvalue weighted by molar-refractivity contribution is 7.99. The van der Waals surface area contributed by atoms with E-state index in [2.05, 4.69) is 10.3 Å². The molecule has 202 valence electrons. The highest BCUT2D eigenvalue weighted by Gasteiger charge is 2.33. The number of nitro benzene ring substituents is 1. The Morgan fingerprint density at radius 3 is 2.53 bits per heavy atom. The van der Waals surface area contributed by atoms with E-state index in [4.69, 9.17) is 10.5 Å². The summed E-state index contributed by atoms with van der Waals surface area (Å²) in [6.45, 7) is 0.415. The molecule has 3 aromatic rings. The summed E-state index contributed by atoms with van der Waals surface area (Å²) in [5, 5.41) is 24.7. The van der Waals surface area contributed by atoms with Crippen molar-refractivity contribution in [1.82, 2.24) is 15.8 Å². The lowest BCUT2D eigenvalue weighted by Crippen LogP contribution is -2.48. The summed E-state index contributed by atoms with van der Waals surface area (Å²) in [5.74, 6) is -3.85. The summed E-state index contributed by atoms with van der Waals surface area (Å²) in [7, 11) is 1.19. The number of nitro groups is 1. The van der Waals surface area contributed by atoms with Gasteiger partial charge in [0.15, 0.2) is 0 Å². The van der Waals surface area contributed by atoms with E-state index in [1.807, 2.05) is 0 Å². The van der Waals surface area contributed by atoms with Crippen LogP contribution >= 0.6 is 11.8 Å². The molecule has 0 spiro atoms. The molecule has 38 heavy (non-hydrogen) atoms. The first-order chi connectivity index (χ1) is 18.3. The lowest BCUT2D eigenvalue weighted by Gasteiger charge is -2.20. The van der Waals surface area contributed by atoms with Gasteiger partial charge in [0.2, 0.25) is 5.91 Å². The van der Waals surface area contributed by atoms with Crippen LogP contribution < -0.4 is 16.5 Å². The van der Waals surface area contributed by atoms with E-state index in [1.54, 1.807) is 42.5 Å². The molecule has 0 aliphatic carbocycles. The van der Waals surface area contributed by atoms with Gasteiger partial charge in [0, 0.05) is 17.0 Å². The van der Waals surface area contributed by atoms with Crippen LogP contribution in [0.1, 0.15) is 24.8 Å². The van der Waals surface area contributed by atoms with Crippen molar-refractivity contribution in [2.45, 2.75) is 41.6 Å². The molecule has 3 rings (SSSR count). The highest BCUT2D eigenvalue weighted by Crippen LogP contribution is 2.39. The molecule has 2 atom stereocenters. The summed E-state index contributed by atoms with van der Waals surface area (Å²) in [6.07, 6.45) is 1.27. The van der Waals surface area contributed by atoms with Gasteiger partial charge in [-0.3, -0.25) is 24.9 Å². The third-order valence-electron chi connectivity index (χ3n) is 5.95. The zero-order chi connectivity index (χ0) is 27.7. The molecular formula is C25H29N5O7S. The number of aromatic nitrogens is 1. The van der Waals surface area contributed by atoms with Crippen molar-refractivity contribution in [3.8, 4) is 0 Å². The van der Waals surface area contributed by atoms with E-state index in [0.717, 1.165) is 11.8 Å². The van der Waals surface area contributed by atoms with Gasteiger partial charge < -0.3 is 20.8 Å². The maximum atomic E-state index is 13.3. The lowest BCUT2D eigenvalue weighted by atomic mass is 9.96. The summed E-state index contributed by atoms with van der Waals surface area (Å²) in [6, 6.07) is 12.4. The Morgan fingerprint density at radius 1 is 1.13 bits per heavy atom. The third kappa shape index (κ3) is 6.88. The van der Waals surface area contributed by atoms with Crippen LogP contribution in [0.4, 0.5) is 5.69 Å². The molecule has 0 aliphatic rings. The number of unbranched alkanes of at least 4 members (excludes halogenated alkanes) is 1. The Balaban J connectivity index is 1.97. The van der Waals surface area contributed by atoms with Crippen LogP contribution in [0.15, 0.2) is 58.5 Å². The number of aromatic amines is 1. The molecule has 0 fully saturated rings. The number of hydroxylamine groups is 1. The number of hydrogen-bond acceptors (Lipinski definition) is 9. The van der Waals surface area contributed by atoms with Gasteiger partial charge in [-0.25, -0.2) is 10.3 Å². The predicted octanol–water partition coefficient (Wildman–Crippen LogP) is 2.68. The number of amides is 2. The lowest BCUT2D eigenvalue weighted by molar-refractivity contribution is -0.387. The monoisotopic (exact) mass is 543 g/mol. The molecule has 1 aromatic heterocycles. The maximum Gasteiger partial charge on any atom is 0.328 e. The van der Waals surface area contributed by atoms with Crippen molar-refractivity contribution in [2.24, 2.45) is 11.7 Å². The molecule has 0 bridgehead atoms. The van der Waals surface area contributed by atoms with E-state index in [-0.39, 0.29) is 18.5 Å². The van der Waals surface area contributed by atoms with E-state index >= 15 is 0 Å². The van der Waals surface area contributed by atoms with Gasteiger partial charge in [-0.2, -0.15) is 0 Å². The molecule has 0 saturated heterocycles. The summed E-state index contributed by atoms with van der Waals surface area (Å²) in [4.78, 5) is 52.8. The number of rotatable bonds is 13. The molecule has 2 amide bonds. The van der Waals surface area contributed by atoms with Gasteiger partial charge in [-0.05, 0) is 49.9 Å². The SMILES string of the molecule is COC(=O)[C@H](CCCCN)NC(=O)C(Cc1c(Sc2ccccc2[N+](=O)[O-])[nH]c2ccccc12)C(=O)NO. The average Bonchev–Trinajstić information content (AvgIpc) is 3.26. The number of nitrogens with two attached hydrogens (primary N) is 1. The smallest absolute Gasteiger partial charge is 0.328 e. The number of para-hydroxylation sites is 2. The first kappa shape index (κ1) is 28.6. The fourth-order valence-corrected chi connectivity index (χ4v) is 5.10. The first-order valence-electron chi connectivity index (χ1n) is 11.8. The van der Waals surface area contributed by atoms with E-state index in [1.165, 1.54) is 18.7 Å². The topological polar surface area (TPSA) is 190 Å². The number of benzene rings is 2. The number of nitrogens with one attached hydrogen (secondary N) is 3. The minimum absolute atomic E-state index is 0.0945. The van der Waals surface area contributed by atoms with Crippen LogP contribution in [0.2, 0.25) is 0 Å². The van der Waals surface area contributed by atoms with Crippen LogP contribution in [0.3, 0.4) is 0 Å². The molecule has 2 aromatic carbocycles. The molecule has 1 heterocycles. The number of carbonyl (C=O) groups is 3. The van der Waals surface area contributed by atoms with Gasteiger partial charge in [0.25, 0.3) is 11.6 Å². The number of H-pyrrole nitrogens is 1. The normalized spacial score (nSPS) is 12.5. The van der Waals surface area contributed by atoms with Crippen LogP contribution in [0.5, 0.6) is 0 Å². The fourth-order valence-electron chi connectivity index (χ4n) is 4.01. The van der Waals surface area contributed by atoms with Crippen molar-refractivity contribution in [3.05, 3.63) is 64.2 Å². The Labute approximate surface area is 222 Å². The Morgan fingerprint density at radius 2 is 1.84 bits per heavy atom. The molecule has 0 saturated carbocycles. The third-order valence-corrected chi connectivity index (χ3v) is 7.07.